The fraction of sp³-hybridized carbons (Fsp3) is 0.474. The van der Waals surface area contributed by atoms with Crippen LogP contribution in [0.5, 0.6) is 0 Å². The molecule has 0 amide bonds. The van der Waals surface area contributed by atoms with E-state index in [1.165, 1.54) is 0 Å². The van der Waals surface area contributed by atoms with Gasteiger partial charge in [-0.25, -0.2) is 0 Å². The monoisotopic (exact) mass is 296 g/mol. The van der Waals surface area contributed by atoms with E-state index in [1.807, 2.05) is 18.2 Å². The summed E-state index contributed by atoms with van der Waals surface area (Å²) in [5.41, 5.74) is 3.71. The van der Waals surface area contributed by atoms with Crippen LogP contribution < -0.4 is 5.32 Å². The summed E-state index contributed by atoms with van der Waals surface area (Å²) in [6.45, 7) is 9.50. The Hall–Kier alpha value is -1.90. The van der Waals surface area contributed by atoms with Crippen LogP contribution in [0.2, 0.25) is 0 Å². The Morgan fingerprint density at radius 1 is 1.23 bits per heavy atom. The molecule has 0 fully saturated rings. The second kappa shape index (κ2) is 5.38. The molecule has 0 bridgehead atoms. The van der Waals surface area contributed by atoms with E-state index in [-0.39, 0.29) is 11.2 Å². The summed E-state index contributed by atoms with van der Waals surface area (Å²) in [5, 5.41) is 4.56. The number of hydrogen-bond acceptors (Lipinski definition) is 3. The van der Waals surface area contributed by atoms with E-state index >= 15 is 0 Å². The molecular weight excluding hydrogens is 272 g/mol. The van der Waals surface area contributed by atoms with Gasteiger partial charge in [0.05, 0.1) is 22.5 Å². The summed E-state index contributed by atoms with van der Waals surface area (Å²) in [5.74, 6) is 0.744. The molecule has 0 spiro atoms. The Morgan fingerprint density at radius 3 is 2.68 bits per heavy atom. The zero-order chi connectivity index (χ0) is 15.9. The van der Waals surface area contributed by atoms with Gasteiger partial charge in [0.2, 0.25) is 0 Å². The first-order valence-corrected chi connectivity index (χ1v) is 8.06. The zero-order valence-electron chi connectivity index (χ0n) is 13.9. The van der Waals surface area contributed by atoms with Crippen molar-refractivity contribution in [1.82, 2.24) is 4.98 Å². The number of aromatic nitrogens is 1. The molecule has 3 nitrogen and oxygen atoms in total. The second-order valence-electron chi connectivity index (χ2n) is 7.54. The van der Waals surface area contributed by atoms with E-state index in [9.17, 15) is 4.79 Å². The molecule has 0 radical (unpaired) electrons. The van der Waals surface area contributed by atoms with E-state index < -0.39 is 0 Å². The highest BCUT2D eigenvalue weighted by molar-refractivity contribution is 6.10. The third kappa shape index (κ3) is 2.72. The molecule has 1 aliphatic carbocycles. The Balaban J connectivity index is 2.21. The van der Waals surface area contributed by atoms with Crippen LogP contribution in [0.4, 0.5) is 5.69 Å². The van der Waals surface area contributed by atoms with Crippen LogP contribution in [0.1, 0.15) is 50.2 Å². The SMILES string of the molecule is CC(C)CNc1c2c(nc3ccccc13)CC(C)(C)CC2=O. The largest absolute Gasteiger partial charge is 0.384 e. The number of Topliss-reactive ketones (excluding diaryl/α,β-unsaturated/α-hetero) is 1. The number of rotatable bonds is 3. The van der Waals surface area contributed by atoms with Crippen molar-refractivity contribution in [2.24, 2.45) is 11.3 Å². The van der Waals surface area contributed by atoms with Crippen LogP contribution in [0, 0.1) is 11.3 Å². The van der Waals surface area contributed by atoms with Crippen LogP contribution in [-0.4, -0.2) is 17.3 Å². The number of hydrogen-bond donors (Lipinski definition) is 1. The molecule has 116 valence electrons. The van der Waals surface area contributed by atoms with Gasteiger partial charge in [-0.1, -0.05) is 45.9 Å². The lowest BCUT2D eigenvalue weighted by Gasteiger charge is -2.31. The van der Waals surface area contributed by atoms with Crippen LogP contribution in [0.25, 0.3) is 10.9 Å². The molecule has 22 heavy (non-hydrogen) atoms. The number of anilines is 1. The third-order valence-corrected chi connectivity index (χ3v) is 4.22. The predicted octanol–water partition coefficient (Wildman–Crippen LogP) is 4.46. The van der Waals surface area contributed by atoms with Gasteiger partial charge in [-0.2, -0.15) is 0 Å². The first kappa shape index (κ1) is 15.0. The predicted molar refractivity (Wildman–Crippen MR) is 91.5 cm³/mol. The number of para-hydroxylation sites is 1. The lowest BCUT2D eigenvalue weighted by Crippen LogP contribution is -2.29. The highest BCUT2D eigenvalue weighted by atomic mass is 16.1. The van der Waals surface area contributed by atoms with E-state index in [0.29, 0.717) is 12.3 Å². The van der Waals surface area contributed by atoms with Crippen molar-refractivity contribution in [3.8, 4) is 0 Å². The van der Waals surface area contributed by atoms with Crippen molar-refractivity contribution in [1.29, 1.82) is 0 Å². The minimum Gasteiger partial charge on any atom is -0.384 e. The summed E-state index contributed by atoms with van der Waals surface area (Å²) < 4.78 is 0. The Labute approximate surface area is 132 Å². The Kier molecular flexibility index (Phi) is 3.67. The molecule has 0 aliphatic heterocycles. The first-order chi connectivity index (χ1) is 10.4. The molecule has 0 unspecified atom stereocenters. The van der Waals surface area contributed by atoms with Gasteiger partial charge in [-0.15, -0.1) is 0 Å². The molecular formula is C19H24N2O. The van der Waals surface area contributed by atoms with Crippen molar-refractivity contribution in [2.75, 3.05) is 11.9 Å². The minimum absolute atomic E-state index is 0.00510. The summed E-state index contributed by atoms with van der Waals surface area (Å²) in [6, 6.07) is 8.10. The van der Waals surface area contributed by atoms with Gasteiger partial charge in [0.25, 0.3) is 0 Å². The van der Waals surface area contributed by atoms with Gasteiger partial charge in [-0.3, -0.25) is 9.78 Å². The molecule has 1 N–H and O–H groups in total. The minimum atomic E-state index is -0.00510. The number of nitrogens with one attached hydrogen (secondary N) is 1. The van der Waals surface area contributed by atoms with Gasteiger partial charge < -0.3 is 5.32 Å². The maximum absolute atomic E-state index is 12.7. The fourth-order valence-corrected chi connectivity index (χ4v) is 3.22. The number of carbonyl (C=O) groups is 1. The quantitative estimate of drug-likeness (QED) is 0.909. The van der Waals surface area contributed by atoms with Crippen LogP contribution >= 0.6 is 0 Å². The highest BCUT2D eigenvalue weighted by Gasteiger charge is 2.34. The summed E-state index contributed by atoms with van der Waals surface area (Å²) in [4.78, 5) is 17.5. The molecule has 1 aliphatic rings. The second-order valence-corrected chi connectivity index (χ2v) is 7.54. The van der Waals surface area contributed by atoms with Crippen molar-refractivity contribution in [3.63, 3.8) is 0 Å². The van der Waals surface area contributed by atoms with E-state index in [2.05, 4.69) is 39.1 Å². The standard InChI is InChI=1S/C19H24N2O/c1-12(2)11-20-18-13-7-5-6-8-14(13)21-15-9-19(3,4)10-16(22)17(15)18/h5-8,12H,9-11H2,1-4H3,(H,20,21). The van der Waals surface area contributed by atoms with E-state index in [0.717, 1.165) is 40.8 Å². The fourth-order valence-electron chi connectivity index (χ4n) is 3.22. The van der Waals surface area contributed by atoms with E-state index in [4.69, 9.17) is 4.98 Å². The number of benzene rings is 1. The van der Waals surface area contributed by atoms with Gasteiger partial charge >= 0.3 is 0 Å². The lowest BCUT2D eigenvalue weighted by atomic mass is 9.75. The van der Waals surface area contributed by atoms with Gasteiger partial charge in [0, 0.05) is 18.4 Å². The molecule has 1 aromatic heterocycles. The van der Waals surface area contributed by atoms with Crippen molar-refractivity contribution in [3.05, 3.63) is 35.5 Å². The number of fused-ring (bicyclic) bond motifs is 2. The van der Waals surface area contributed by atoms with Crippen LogP contribution in [-0.2, 0) is 6.42 Å². The zero-order valence-corrected chi connectivity index (χ0v) is 13.9. The van der Waals surface area contributed by atoms with Gasteiger partial charge in [0.1, 0.15) is 0 Å². The average Bonchev–Trinajstić information content (AvgIpc) is 2.42. The van der Waals surface area contributed by atoms with Crippen LogP contribution in [0.15, 0.2) is 24.3 Å². The first-order valence-electron chi connectivity index (χ1n) is 8.06. The molecule has 0 saturated carbocycles. The van der Waals surface area contributed by atoms with Crippen molar-refractivity contribution in [2.45, 2.75) is 40.5 Å². The van der Waals surface area contributed by atoms with Gasteiger partial charge in [0.15, 0.2) is 5.78 Å². The maximum atomic E-state index is 12.7. The number of carbonyl (C=O) groups excluding carboxylic acids is 1. The maximum Gasteiger partial charge on any atom is 0.167 e. The topological polar surface area (TPSA) is 42.0 Å². The molecule has 2 aromatic rings. The molecule has 3 rings (SSSR count). The molecule has 1 aromatic carbocycles. The Morgan fingerprint density at radius 2 is 1.95 bits per heavy atom. The number of pyridine rings is 1. The third-order valence-electron chi connectivity index (χ3n) is 4.22. The highest BCUT2D eigenvalue weighted by Crippen LogP contribution is 2.39. The summed E-state index contributed by atoms with van der Waals surface area (Å²) in [6.07, 6.45) is 1.45. The Bertz CT molecular complexity index is 732. The van der Waals surface area contributed by atoms with Crippen molar-refractivity contribution < 1.29 is 4.79 Å². The molecule has 3 heteroatoms. The molecule has 0 saturated heterocycles. The smallest absolute Gasteiger partial charge is 0.167 e. The van der Waals surface area contributed by atoms with Crippen molar-refractivity contribution >= 4 is 22.4 Å². The van der Waals surface area contributed by atoms with Crippen LogP contribution in [0.3, 0.4) is 0 Å². The van der Waals surface area contributed by atoms with E-state index in [1.54, 1.807) is 0 Å². The normalized spacial score (nSPS) is 16.9. The average molecular weight is 296 g/mol. The molecule has 1 heterocycles. The van der Waals surface area contributed by atoms with Gasteiger partial charge in [-0.05, 0) is 23.8 Å². The number of nitrogens with zero attached hydrogens (tertiary/aromatic N) is 1. The number of ketones is 1. The summed E-state index contributed by atoms with van der Waals surface area (Å²) >= 11 is 0. The molecule has 0 atom stereocenters. The summed E-state index contributed by atoms with van der Waals surface area (Å²) in [7, 11) is 0. The lowest BCUT2D eigenvalue weighted by molar-refractivity contribution is 0.0911.